The molecule has 0 heterocycles. The highest BCUT2D eigenvalue weighted by Crippen LogP contribution is 2.25. The van der Waals surface area contributed by atoms with Gasteiger partial charge in [-0.25, -0.2) is 0 Å². The second-order valence-corrected chi connectivity index (χ2v) is 8.02. The molecule has 0 saturated carbocycles. The van der Waals surface area contributed by atoms with Crippen LogP contribution < -0.4 is 10.1 Å². The van der Waals surface area contributed by atoms with E-state index in [1.165, 1.54) is 12.8 Å². The number of carbonyl (C=O) groups excluding carboxylic acids is 1. The summed E-state index contributed by atoms with van der Waals surface area (Å²) in [4.78, 5) is 15.1. The Bertz CT molecular complexity index is 790. The second-order valence-electron chi connectivity index (χ2n) is 7.11. The molecule has 0 aliphatic heterocycles. The molecule has 0 aliphatic rings. The number of unbranched alkanes of at least 4 members (excludes halogenated alkanes) is 3. The molecule has 0 fully saturated rings. The van der Waals surface area contributed by atoms with Crippen LogP contribution in [0.3, 0.4) is 0 Å². The van der Waals surface area contributed by atoms with Crippen molar-refractivity contribution in [3.8, 4) is 5.75 Å². The molecule has 0 unspecified atom stereocenters. The maximum atomic E-state index is 12.8. The zero-order chi connectivity index (χ0) is 21.1. The summed E-state index contributed by atoms with van der Waals surface area (Å²) in [5.41, 5.74) is 2.09. The summed E-state index contributed by atoms with van der Waals surface area (Å²) in [5, 5.41) is 3.12. The van der Waals surface area contributed by atoms with E-state index in [0.717, 1.165) is 41.8 Å². The van der Waals surface area contributed by atoms with E-state index in [-0.39, 0.29) is 5.78 Å². The molecule has 2 aromatic rings. The Morgan fingerprint density at radius 2 is 1.86 bits per heavy atom. The monoisotopic (exact) mass is 458 g/mol. The van der Waals surface area contributed by atoms with Crippen molar-refractivity contribution in [3.05, 3.63) is 70.7 Å². The van der Waals surface area contributed by atoms with E-state index in [1.807, 2.05) is 55.6 Å². The molecule has 29 heavy (non-hydrogen) atoms. The number of hydrogen-bond acceptors (Lipinski definition) is 4. The Balaban J connectivity index is 1.82. The molecule has 2 aromatic carbocycles. The van der Waals surface area contributed by atoms with Crippen molar-refractivity contribution in [2.75, 3.05) is 39.1 Å². The van der Waals surface area contributed by atoms with Crippen LogP contribution in [-0.4, -0.2) is 44.5 Å². The number of nitrogens with one attached hydrogen (secondary N) is 1. The number of ether oxygens (including phenoxy) is 1. The topological polar surface area (TPSA) is 41.6 Å². The Morgan fingerprint density at radius 3 is 2.55 bits per heavy atom. The zero-order valence-electron chi connectivity index (χ0n) is 17.4. The minimum atomic E-state index is -0.00479. The van der Waals surface area contributed by atoms with E-state index in [9.17, 15) is 4.79 Å². The minimum Gasteiger partial charge on any atom is -0.494 e. The Morgan fingerprint density at radius 1 is 1.14 bits per heavy atom. The Labute approximate surface area is 183 Å². The van der Waals surface area contributed by atoms with Crippen LogP contribution in [0.2, 0.25) is 0 Å². The van der Waals surface area contributed by atoms with Crippen molar-refractivity contribution in [2.45, 2.75) is 25.7 Å². The average Bonchev–Trinajstić information content (AvgIpc) is 2.73. The normalized spacial score (nSPS) is 10.8. The summed E-state index contributed by atoms with van der Waals surface area (Å²) in [6.45, 7) is 6.49. The van der Waals surface area contributed by atoms with Gasteiger partial charge in [0.05, 0.1) is 6.61 Å². The number of benzene rings is 2. The summed E-state index contributed by atoms with van der Waals surface area (Å²) >= 11 is 3.40. The van der Waals surface area contributed by atoms with Gasteiger partial charge >= 0.3 is 0 Å². The summed E-state index contributed by atoms with van der Waals surface area (Å²) in [6, 6.07) is 13.0. The van der Waals surface area contributed by atoms with Gasteiger partial charge in [-0.3, -0.25) is 4.79 Å². The SMILES string of the molecule is C=CCN(C)CCCCCCOc1ccc(C(=O)c2ccc(Br)cc2)c(NC)c1. The van der Waals surface area contributed by atoms with E-state index in [2.05, 4.69) is 39.8 Å². The lowest BCUT2D eigenvalue weighted by molar-refractivity contribution is 0.103. The molecular formula is C24H31BrN2O2. The number of anilines is 1. The predicted octanol–water partition coefficient (Wildman–Crippen LogP) is 5.78. The molecule has 1 N–H and O–H groups in total. The largest absolute Gasteiger partial charge is 0.494 e. The van der Waals surface area contributed by atoms with Gasteiger partial charge in [-0.15, -0.1) is 6.58 Å². The second kappa shape index (κ2) is 12.5. The van der Waals surface area contributed by atoms with Crippen LogP contribution in [0, 0.1) is 0 Å². The summed E-state index contributed by atoms with van der Waals surface area (Å²) < 4.78 is 6.84. The van der Waals surface area contributed by atoms with E-state index >= 15 is 0 Å². The van der Waals surface area contributed by atoms with Gasteiger partial charge in [-0.05, 0) is 62.8 Å². The van der Waals surface area contributed by atoms with Gasteiger partial charge in [0.25, 0.3) is 0 Å². The fraction of sp³-hybridized carbons (Fsp3) is 0.375. The first kappa shape index (κ1) is 23.2. The van der Waals surface area contributed by atoms with Gasteiger partial charge in [0.2, 0.25) is 0 Å². The average molecular weight is 459 g/mol. The van der Waals surface area contributed by atoms with Crippen molar-refractivity contribution in [1.82, 2.24) is 4.90 Å². The molecule has 0 spiro atoms. The quantitative estimate of drug-likeness (QED) is 0.234. The summed E-state index contributed by atoms with van der Waals surface area (Å²) in [6.07, 6.45) is 6.51. The van der Waals surface area contributed by atoms with Gasteiger partial charge < -0.3 is 15.0 Å². The number of halogens is 1. The number of likely N-dealkylation sites (N-methyl/N-ethyl adjacent to an activating group) is 1. The molecule has 0 saturated heterocycles. The fourth-order valence-electron chi connectivity index (χ4n) is 3.11. The van der Waals surface area contributed by atoms with Crippen molar-refractivity contribution in [3.63, 3.8) is 0 Å². The van der Waals surface area contributed by atoms with Crippen LogP contribution in [-0.2, 0) is 0 Å². The molecule has 0 atom stereocenters. The molecule has 156 valence electrons. The first-order valence-corrected chi connectivity index (χ1v) is 10.9. The van der Waals surface area contributed by atoms with Crippen molar-refractivity contribution >= 4 is 27.4 Å². The molecule has 5 heteroatoms. The molecule has 0 amide bonds. The highest BCUT2D eigenvalue weighted by molar-refractivity contribution is 9.10. The maximum Gasteiger partial charge on any atom is 0.195 e. The number of ketones is 1. The summed E-state index contributed by atoms with van der Waals surface area (Å²) in [7, 11) is 3.94. The highest BCUT2D eigenvalue weighted by atomic mass is 79.9. The van der Waals surface area contributed by atoms with Crippen molar-refractivity contribution < 1.29 is 9.53 Å². The Kier molecular flexibility index (Phi) is 9.95. The van der Waals surface area contributed by atoms with Crippen LogP contribution in [0.15, 0.2) is 59.6 Å². The van der Waals surface area contributed by atoms with E-state index in [0.29, 0.717) is 17.7 Å². The minimum absolute atomic E-state index is 0.00479. The van der Waals surface area contributed by atoms with Gasteiger partial charge in [-0.1, -0.05) is 34.8 Å². The van der Waals surface area contributed by atoms with Crippen LogP contribution in [0.5, 0.6) is 5.75 Å². The third kappa shape index (κ3) is 7.67. The van der Waals surface area contributed by atoms with Crippen LogP contribution >= 0.6 is 15.9 Å². The third-order valence-corrected chi connectivity index (χ3v) is 5.28. The smallest absolute Gasteiger partial charge is 0.195 e. The van der Waals surface area contributed by atoms with Crippen molar-refractivity contribution in [1.29, 1.82) is 0 Å². The number of nitrogens with zero attached hydrogens (tertiary/aromatic N) is 1. The van der Waals surface area contributed by atoms with E-state index < -0.39 is 0 Å². The number of carbonyl (C=O) groups is 1. The highest BCUT2D eigenvalue weighted by Gasteiger charge is 2.14. The van der Waals surface area contributed by atoms with E-state index in [4.69, 9.17) is 4.74 Å². The molecule has 0 aromatic heterocycles. The lowest BCUT2D eigenvalue weighted by atomic mass is 10.0. The summed E-state index contributed by atoms with van der Waals surface area (Å²) in [5.74, 6) is 0.780. The van der Waals surface area contributed by atoms with Crippen LogP contribution in [0.4, 0.5) is 5.69 Å². The van der Waals surface area contributed by atoms with Gasteiger partial charge in [0.15, 0.2) is 5.78 Å². The lowest BCUT2D eigenvalue weighted by Crippen LogP contribution is -2.19. The van der Waals surface area contributed by atoms with Gasteiger partial charge in [0, 0.05) is 40.9 Å². The molecule has 0 radical (unpaired) electrons. The van der Waals surface area contributed by atoms with Gasteiger partial charge in [-0.2, -0.15) is 0 Å². The lowest BCUT2D eigenvalue weighted by Gasteiger charge is -2.14. The van der Waals surface area contributed by atoms with Crippen LogP contribution in [0.25, 0.3) is 0 Å². The molecule has 2 rings (SSSR count). The third-order valence-electron chi connectivity index (χ3n) is 4.76. The first-order chi connectivity index (χ1) is 14.0. The van der Waals surface area contributed by atoms with Gasteiger partial charge in [0.1, 0.15) is 5.75 Å². The standard InChI is InChI=1S/C24H31BrN2O2/c1-4-15-27(3)16-7-5-6-8-17-29-21-13-14-22(23(18-21)26-2)24(28)19-9-11-20(25)12-10-19/h4,9-14,18,26H,1,5-8,15-17H2,2-3H3. The predicted molar refractivity (Wildman–Crippen MR) is 125 cm³/mol. The maximum absolute atomic E-state index is 12.8. The molecule has 0 aliphatic carbocycles. The first-order valence-electron chi connectivity index (χ1n) is 10.1. The molecule has 0 bridgehead atoms. The molecule has 4 nitrogen and oxygen atoms in total. The number of hydrogen-bond donors (Lipinski definition) is 1. The Hall–Kier alpha value is -2.11. The van der Waals surface area contributed by atoms with E-state index in [1.54, 1.807) is 0 Å². The zero-order valence-corrected chi connectivity index (χ0v) is 19.0. The van der Waals surface area contributed by atoms with Crippen LogP contribution in [0.1, 0.15) is 41.6 Å². The van der Waals surface area contributed by atoms with Crippen molar-refractivity contribution in [2.24, 2.45) is 0 Å². The fourth-order valence-corrected chi connectivity index (χ4v) is 3.38. The molecular weight excluding hydrogens is 428 g/mol. The number of rotatable bonds is 13.